The van der Waals surface area contributed by atoms with Crippen LogP contribution in [0.4, 0.5) is 0 Å². The van der Waals surface area contributed by atoms with Gasteiger partial charge < -0.3 is 10.2 Å². The molecule has 2 N–H and O–H groups in total. The second-order valence-electron chi connectivity index (χ2n) is 4.34. The molecule has 10 heteroatoms. The predicted octanol–water partition coefficient (Wildman–Crippen LogP) is 1.48. The summed E-state index contributed by atoms with van der Waals surface area (Å²) < 4.78 is 7.01. The highest BCUT2D eigenvalue weighted by Gasteiger charge is 2.17. The van der Waals surface area contributed by atoms with Gasteiger partial charge in [0.25, 0.3) is 0 Å². The first-order valence-corrected chi connectivity index (χ1v) is 8.17. The zero-order valence-electron chi connectivity index (χ0n) is 11.6. The van der Waals surface area contributed by atoms with E-state index in [0.717, 1.165) is 4.88 Å². The summed E-state index contributed by atoms with van der Waals surface area (Å²) in [4.78, 5) is 12.2. The Bertz CT molecular complexity index is 780. The lowest BCUT2D eigenvalue weighted by atomic mass is 10.4. The first-order chi connectivity index (χ1) is 10.6. The largest absolute Gasteiger partial charge is 0.425 e. The topological polar surface area (TPSA) is 113 Å². The van der Waals surface area contributed by atoms with Crippen molar-refractivity contribution in [1.82, 2.24) is 25.0 Å². The average molecular weight is 336 g/mol. The summed E-state index contributed by atoms with van der Waals surface area (Å²) in [5.74, 6) is 1.62. The minimum atomic E-state index is -0.451. The van der Waals surface area contributed by atoms with E-state index in [1.165, 1.54) is 23.1 Å². The summed E-state index contributed by atoms with van der Waals surface area (Å²) in [7, 11) is 0. The molecule has 22 heavy (non-hydrogen) atoms. The van der Waals surface area contributed by atoms with Gasteiger partial charge in [0.1, 0.15) is 6.54 Å². The Balaban J connectivity index is 1.85. The summed E-state index contributed by atoms with van der Waals surface area (Å²) in [6.45, 7) is 1.75. The van der Waals surface area contributed by atoms with E-state index in [1.807, 2.05) is 17.5 Å². The number of hydrogen-bond acceptors (Lipinski definition) is 8. The summed E-state index contributed by atoms with van der Waals surface area (Å²) in [5, 5.41) is 18.5. The van der Waals surface area contributed by atoms with Crippen LogP contribution in [0.5, 0.6) is 0 Å². The fourth-order valence-electron chi connectivity index (χ4n) is 1.80. The molecule has 0 unspecified atom stereocenters. The van der Waals surface area contributed by atoms with E-state index in [1.54, 1.807) is 11.5 Å². The second-order valence-corrected chi connectivity index (χ2v) is 6.23. The molecule has 0 atom stereocenters. The quantitative estimate of drug-likeness (QED) is 0.678. The highest BCUT2D eigenvalue weighted by Crippen LogP contribution is 2.28. The maximum absolute atomic E-state index is 11.3. The number of aryl methyl sites for hydroxylation is 1. The third-order valence-corrected chi connectivity index (χ3v) is 4.48. The van der Waals surface area contributed by atoms with Crippen molar-refractivity contribution in [3.63, 3.8) is 0 Å². The third kappa shape index (κ3) is 3.17. The van der Waals surface area contributed by atoms with E-state index in [-0.39, 0.29) is 6.54 Å². The Morgan fingerprint density at radius 2 is 2.27 bits per heavy atom. The summed E-state index contributed by atoms with van der Waals surface area (Å²) in [6.07, 6.45) is 0. The molecule has 8 nitrogen and oxygen atoms in total. The summed E-state index contributed by atoms with van der Waals surface area (Å²) in [6, 6.07) is 3.83. The van der Waals surface area contributed by atoms with Crippen molar-refractivity contribution in [2.75, 3.05) is 0 Å². The van der Waals surface area contributed by atoms with E-state index < -0.39 is 5.91 Å². The van der Waals surface area contributed by atoms with Crippen molar-refractivity contribution >= 4 is 29.0 Å². The molecule has 0 aliphatic heterocycles. The minimum Gasteiger partial charge on any atom is -0.425 e. The van der Waals surface area contributed by atoms with E-state index in [2.05, 4.69) is 20.4 Å². The number of aromatic nitrogens is 5. The van der Waals surface area contributed by atoms with Crippen molar-refractivity contribution < 1.29 is 9.21 Å². The molecule has 0 saturated heterocycles. The molecule has 0 bridgehead atoms. The minimum absolute atomic E-state index is 0.0193. The molecule has 0 radical (unpaired) electrons. The van der Waals surface area contributed by atoms with Crippen LogP contribution >= 0.6 is 23.1 Å². The number of thioether (sulfide) groups is 1. The number of thiophene rings is 1. The molecule has 3 aromatic heterocycles. The van der Waals surface area contributed by atoms with Gasteiger partial charge in [0.2, 0.25) is 17.7 Å². The molecule has 0 saturated carbocycles. The average Bonchev–Trinajstić information content (AvgIpc) is 3.17. The molecule has 3 heterocycles. The van der Waals surface area contributed by atoms with Crippen molar-refractivity contribution in [1.29, 1.82) is 0 Å². The number of primary amides is 1. The van der Waals surface area contributed by atoms with Gasteiger partial charge in [-0.1, -0.05) is 17.8 Å². The second kappa shape index (κ2) is 6.28. The monoisotopic (exact) mass is 336 g/mol. The van der Waals surface area contributed by atoms with Gasteiger partial charge >= 0.3 is 0 Å². The number of nitrogens with two attached hydrogens (primary N) is 1. The Labute approximate surface area is 133 Å². The third-order valence-electron chi connectivity index (χ3n) is 2.66. The maximum Gasteiger partial charge on any atom is 0.237 e. The van der Waals surface area contributed by atoms with Crippen LogP contribution in [-0.4, -0.2) is 30.9 Å². The molecule has 3 aromatic rings. The van der Waals surface area contributed by atoms with Crippen LogP contribution in [-0.2, 0) is 17.1 Å². The zero-order chi connectivity index (χ0) is 15.5. The Kier molecular flexibility index (Phi) is 4.20. The maximum atomic E-state index is 11.3. The van der Waals surface area contributed by atoms with Crippen molar-refractivity contribution in [3.05, 3.63) is 29.3 Å². The van der Waals surface area contributed by atoms with Crippen LogP contribution in [0.2, 0.25) is 0 Å². The molecular weight excluding hydrogens is 324 g/mol. The highest BCUT2D eigenvalue weighted by atomic mass is 32.2. The number of amides is 1. The number of carbonyl (C=O) groups is 1. The number of carbonyl (C=O) groups excluding carboxylic acids is 1. The van der Waals surface area contributed by atoms with Gasteiger partial charge in [-0.25, -0.2) is 0 Å². The van der Waals surface area contributed by atoms with Gasteiger partial charge in [-0.05, 0) is 11.4 Å². The van der Waals surface area contributed by atoms with E-state index in [9.17, 15) is 4.79 Å². The molecule has 0 aliphatic carbocycles. The number of rotatable bonds is 6. The predicted molar refractivity (Wildman–Crippen MR) is 81.1 cm³/mol. The normalized spacial score (nSPS) is 11.0. The molecule has 1 amide bonds. The summed E-state index contributed by atoms with van der Waals surface area (Å²) in [5.41, 5.74) is 5.32. The smallest absolute Gasteiger partial charge is 0.237 e. The van der Waals surface area contributed by atoms with Gasteiger partial charge in [-0.2, -0.15) is 0 Å². The van der Waals surface area contributed by atoms with Crippen LogP contribution in [0, 0.1) is 6.92 Å². The SMILES string of the molecule is Cc1nnc(CSc2nnc(-c3cccs3)n2CC(N)=O)o1. The standard InChI is InChI=1S/C12H12N6O2S2/c1-7-14-15-10(20-7)6-22-12-17-16-11(8-3-2-4-21-8)18(12)5-9(13)19/h2-4H,5-6H2,1H3,(H2,13,19). The van der Waals surface area contributed by atoms with Crippen molar-refractivity contribution in [2.45, 2.75) is 24.4 Å². The lowest BCUT2D eigenvalue weighted by molar-refractivity contribution is -0.118. The van der Waals surface area contributed by atoms with Gasteiger partial charge in [0.05, 0.1) is 10.6 Å². The Hall–Kier alpha value is -2.20. The van der Waals surface area contributed by atoms with Crippen molar-refractivity contribution in [2.24, 2.45) is 5.73 Å². The van der Waals surface area contributed by atoms with Crippen LogP contribution in [0.3, 0.4) is 0 Å². The van der Waals surface area contributed by atoms with E-state index in [4.69, 9.17) is 10.2 Å². The van der Waals surface area contributed by atoms with Gasteiger partial charge in [-0.15, -0.1) is 31.7 Å². The number of hydrogen-bond donors (Lipinski definition) is 1. The lowest BCUT2D eigenvalue weighted by Gasteiger charge is -2.05. The van der Waals surface area contributed by atoms with Gasteiger partial charge in [-0.3, -0.25) is 9.36 Å². The highest BCUT2D eigenvalue weighted by molar-refractivity contribution is 7.98. The number of nitrogens with zero attached hydrogens (tertiary/aromatic N) is 5. The summed E-state index contributed by atoms with van der Waals surface area (Å²) >= 11 is 2.89. The van der Waals surface area contributed by atoms with Crippen LogP contribution < -0.4 is 5.73 Å². The van der Waals surface area contributed by atoms with E-state index in [0.29, 0.717) is 28.5 Å². The molecule has 0 spiro atoms. The molecular formula is C12H12N6O2S2. The fourth-order valence-corrected chi connectivity index (χ4v) is 3.30. The lowest BCUT2D eigenvalue weighted by Crippen LogP contribution is -2.19. The van der Waals surface area contributed by atoms with Gasteiger partial charge in [0.15, 0.2) is 11.0 Å². The zero-order valence-corrected chi connectivity index (χ0v) is 13.2. The molecule has 0 aliphatic rings. The van der Waals surface area contributed by atoms with Crippen molar-refractivity contribution in [3.8, 4) is 10.7 Å². The first kappa shape index (κ1) is 14.7. The molecule has 0 fully saturated rings. The first-order valence-electron chi connectivity index (χ1n) is 6.30. The Morgan fingerprint density at radius 1 is 1.41 bits per heavy atom. The van der Waals surface area contributed by atoms with Crippen LogP contribution in [0.1, 0.15) is 11.8 Å². The van der Waals surface area contributed by atoms with Crippen LogP contribution in [0.15, 0.2) is 27.1 Å². The van der Waals surface area contributed by atoms with Crippen LogP contribution in [0.25, 0.3) is 10.7 Å². The molecule has 0 aromatic carbocycles. The fraction of sp³-hybridized carbons (Fsp3) is 0.250. The Morgan fingerprint density at radius 3 is 2.91 bits per heavy atom. The molecule has 3 rings (SSSR count). The molecule has 114 valence electrons. The van der Waals surface area contributed by atoms with Gasteiger partial charge in [0, 0.05) is 6.92 Å². The van der Waals surface area contributed by atoms with E-state index >= 15 is 0 Å².